The van der Waals surface area contributed by atoms with Crippen LogP contribution >= 0.6 is 0 Å². The molecule has 1 fully saturated rings. The van der Waals surface area contributed by atoms with Crippen molar-refractivity contribution in [3.63, 3.8) is 0 Å². The molecule has 2 unspecified atom stereocenters. The highest BCUT2D eigenvalue weighted by molar-refractivity contribution is 5.97. The summed E-state index contributed by atoms with van der Waals surface area (Å²) in [6.45, 7) is 11.3. The smallest absolute Gasteiger partial charge is 0.342 e. The monoisotopic (exact) mass is 592 g/mol. The molecule has 0 amide bonds. The van der Waals surface area contributed by atoms with Crippen LogP contribution in [0, 0.1) is 5.92 Å². The van der Waals surface area contributed by atoms with Crippen LogP contribution in [0.1, 0.15) is 60.4 Å². The minimum atomic E-state index is -0.912. The molecule has 9 nitrogen and oxygen atoms in total. The highest BCUT2D eigenvalue weighted by Gasteiger charge is 2.45. The molecular formula is C34H40O9. The molecule has 2 aromatic rings. The van der Waals surface area contributed by atoms with E-state index in [2.05, 4.69) is 6.58 Å². The van der Waals surface area contributed by atoms with Crippen LogP contribution in [0.15, 0.2) is 73.3 Å². The fourth-order valence-corrected chi connectivity index (χ4v) is 4.85. The van der Waals surface area contributed by atoms with E-state index in [1.54, 1.807) is 61.5 Å². The third-order valence-electron chi connectivity index (χ3n) is 7.11. The van der Waals surface area contributed by atoms with Gasteiger partial charge in [0, 0.05) is 19.1 Å². The maximum atomic E-state index is 13.6. The average Bonchev–Trinajstić information content (AvgIpc) is 3.30. The molecule has 43 heavy (non-hydrogen) atoms. The topological polar surface area (TPSA) is 98.8 Å². The number of benzene rings is 2. The Balaban J connectivity index is 1.75. The number of hydrogen-bond donors (Lipinski definition) is 0. The van der Waals surface area contributed by atoms with Crippen LogP contribution in [-0.2, 0) is 23.7 Å². The first-order chi connectivity index (χ1) is 20.6. The normalized spacial score (nSPS) is 25.0. The minimum absolute atomic E-state index is 0.0733. The Labute approximate surface area is 253 Å². The van der Waals surface area contributed by atoms with E-state index in [1.807, 2.05) is 39.0 Å². The molecule has 5 atom stereocenters. The molecule has 9 heteroatoms. The Kier molecular flexibility index (Phi) is 10.8. The highest BCUT2D eigenvalue weighted by Crippen LogP contribution is 2.36. The van der Waals surface area contributed by atoms with Crippen LogP contribution < -0.4 is 9.47 Å². The van der Waals surface area contributed by atoms with Crippen LogP contribution in [-0.4, -0.2) is 62.7 Å². The zero-order valence-electron chi connectivity index (χ0n) is 25.3. The molecule has 0 spiro atoms. The van der Waals surface area contributed by atoms with E-state index < -0.39 is 42.1 Å². The zero-order chi connectivity index (χ0) is 31.0. The Hall–Kier alpha value is -3.92. The van der Waals surface area contributed by atoms with E-state index in [1.165, 1.54) is 7.11 Å². The number of rotatable bonds is 8. The highest BCUT2D eigenvalue weighted by atomic mass is 16.8. The Morgan fingerprint density at radius 3 is 2.58 bits per heavy atom. The molecule has 2 aliphatic rings. The number of carbonyl (C=O) groups is 2. The predicted molar refractivity (Wildman–Crippen MR) is 161 cm³/mol. The summed E-state index contributed by atoms with van der Waals surface area (Å²) in [5.74, 6) is -1.43. The van der Waals surface area contributed by atoms with Gasteiger partial charge in [0.25, 0.3) is 0 Å². The number of methoxy groups -OCH3 is 1. The van der Waals surface area contributed by atoms with E-state index in [0.29, 0.717) is 23.3 Å². The third kappa shape index (κ3) is 8.34. The molecule has 0 N–H and O–H groups in total. The summed E-state index contributed by atoms with van der Waals surface area (Å²) in [5, 5.41) is 0. The van der Waals surface area contributed by atoms with E-state index in [4.69, 9.17) is 33.2 Å². The van der Waals surface area contributed by atoms with Crippen molar-refractivity contribution in [2.75, 3.05) is 20.5 Å². The summed E-state index contributed by atoms with van der Waals surface area (Å²) < 4.78 is 41.2. The summed E-state index contributed by atoms with van der Waals surface area (Å²) in [4.78, 5) is 26.7. The summed E-state index contributed by atoms with van der Waals surface area (Å²) in [7, 11) is 1.50. The van der Waals surface area contributed by atoms with Gasteiger partial charge in [-0.15, -0.1) is 0 Å². The molecule has 230 valence electrons. The number of carbonyl (C=O) groups excluding carboxylic acids is 2. The number of hydrogen-bond acceptors (Lipinski definition) is 9. The molecule has 0 saturated carbocycles. The van der Waals surface area contributed by atoms with Crippen molar-refractivity contribution in [2.24, 2.45) is 5.92 Å². The van der Waals surface area contributed by atoms with Crippen molar-refractivity contribution in [2.45, 2.75) is 64.3 Å². The second-order valence-corrected chi connectivity index (χ2v) is 10.9. The molecule has 0 aromatic heterocycles. The molecule has 0 aliphatic carbocycles. The lowest BCUT2D eigenvalue weighted by Gasteiger charge is -2.25. The number of esters is 2. The largest absolute Gasteiger partial charge is 0.489 e. The van der Waals surface area contributed by atoms with E-state index in [0.717, 1.165) is 0 Å². The van der Waals surface area contributed by atoms with Crippen molar-refractivity contribution < 1.29 is 42.7 Å². The van der Waals surface area contributed by atoms with Gasteiger partial charge in [-0.1, -0.05) is 56.0 Å². The minimum Gasteiger partial charge on any atom is -0.489 e. The molecule has 2 aromatic carbocycles. The fraction of sp³-hybridized carbons (Fsp3) is 0.412. The van der Waals surface area contributed by atoms with Crippen molar-refractivity contribution in [3.05, 3.63) is 90.0 Å². The summed E-state index contributed by atoms with van der Waals surface area (Å²) in [6.07, 6.45) is 7.00. The lowest BCUT2D eigenvalue weighted by molar-refractivity contribution is -0.152. The first kappa shape index (κ1) is 32.0. The molecular weight excluding hydrogens is 552 g/mol. The van der Waals surface area contributed by atoms with E-state index >= 15 is 0 Å². The SMILES string of the molecule is C=CCOc1cc2c(c(OCOC)c1)C(=O)O[C@@H](C)[C@H](C)C=CC(OC(=O)c1ccccc1)C1OC(C)(C)O[C@H]1CC=C2. The molecule has 0 radical (unpaired) electrons. The van der Waals surface area contributed by atoms with Crippen LogP contribution in [0.5, 0.6) is 11.5 Å². The summed E-state index contributed by atoms with van der Waals surface area (Å²) in [5.41, 5.74) is 1.21. The van der Waals surface area contributed by atoms with Gasteiger partial charge in [-0.05, 0) is 57.0 Å². The number of cyclic esters (lactones) is 1. The van der Waals surface area contributed by atoms with E-state index in [9.17, 15) is 9.59 Å². The number of fused-ring (bicyclic) bond motifs is 2. The summed E-state index contributed by atoms with van der Waals surface area (Å²) in [6, 6.07) is 12.2. The van der Waals surface area contributed by atoms with E-state index in [-0.39, 0.29) is 30.6 Å². The molecule has 0 bridgehead atoms. The maximum absolute atomic E-state index is 13.6. The van der Waals surface area contributed by atoms with Gasteiger partial charge >= 0.3 is 11.9 Å². The second kappa shape index (κ2) is 14.5. The zero-order valence-corrected chi connectivity index (χ0v) is 25.3. The van der Waals surface area contributed by atoms with Gasteiger partial charge in [0.05, 0.1) is 11.7 Å². The van der Waals surface area contributed by atoms with Gasteiger partial charge in [-0.25, -0.2) is 9.59 Å². The van der Waals surface area contributed by atoms with Gasteiger partial charge in [0.1, 0.15) is 42.0 Å². The molecule has 2 heterocycles. The average molecular weight is 593 g/mol. The second-order valence-electron chi connectivity index (χ2n) is 10.9. The van der Waals surface area contributed by atoms with Gasteiger partial charge in [0.15, 0.2) is 12.6 Å². The fourth-order valence-electron chi connectivity index (χ4n) is 4.85. The van der Waals surface area contributed by atoms with Crippen molar-refractivity contribution in [1.82, 2.24) is 0 Å². The quantitative estimate of drug-likeness (QED) is 0.204. The van der Waals surface area contributed by atoms with Crippen LogP contribution in [0.25, 0.3) is 6.08 Å². The lowest BCUT2D eigenvalue weighted by Crippen LogP contribution is -2.37. The van der Waals surface area contributed by atoms with Crippen LogP contribution in [0.3, 0.4) is 0 Å². The third-order valence-corrected chi connectivity index (χ3v) is 7.11. The maximum Gasteiger partial charge on any atom is 0.342 e. The Morgan fingerprint density at radius 1 is 1.09 bits per heavy atom. The van der Waals surface area contributed by atoms with Gasteiger partial charge in [0.2, 0.25) is 0 Å². The first-order valence-electron chi connectivity index (χ1n) is 14.3. The lowest BCUT2D eigenvalue weighted by atomic mass is 9.98. The van der Waals surface area contributed by atoms with Crippen LogP contribution in [0.2, 0.25) is 0 Å². The number of ether oxygens (including phenoxy) is 7. The van der Waals surface area contributed by atoms with Gasteiger partial charge in [-0.2, -0.15) is 0 Å². The van der Waals surface area contributed by atoms with Gasteiger partial charge in [-0.3, -0.25) is 0 Å². The first-order valence-corrected chi connectivity index (χ1v) is 14.3. The molecule has 4 rings (SSSR count). The standard InChI is InChI=1S/C34H40O9/c1-7-18-38-26-19-25-14-11-15-28-31(43-34(4,5)42-28)27(41-32(35)24-12-9-8-10-13-24)17-16-22(2)23(3)40-33(36)30(25)29(20-26)39-21-37-6/h7-14,16-17,19-20,22-23,27-28,31H,1,15,18,21H2,2-6H3/t22-,23+,27?,28+,31?/m1/s1. The predicted octanol–water partition coefficient (Wildman–Crippen LogP) is 6.13. The summed E-state index contributed by atoms with van der Waals surface area (Å²) >= 11 is 0. The Bertz CT molecular complexity index is 1330. The van der Waals surface area contributed by atoms with Crippen molar-refractivity contribution in [3.8, 4) is 11.5 Å². The van der Waals surface area contributed by atoms with Gasteiger partial charge < -0.3 is 33.2 Å². The Morgan fingerprint density at radius 2 is 1.86 bits per heavy atom. The van der Waals surface area contributed by atoms with Crippen LogP contribution in [0.4, 0.5) is 0 Å². The molecule has 2 aliphatic heterocycles. The van der Waals surface area contributed by atoms with Crippen molar-refractivity contribution >= 4 is 18.0 Å². The van der Waals surface area contributed by atoms with Crippen molar-refractivity contribution in [1.29, 1.82) is 0 Å². The molecule has 1 saturated heterocycles.